The van der Waals surface area contributed by atoms with Gasteiger partial charge in [0.2, 0.25) is 0 Å². The van der Waals surface area contributed by atoms with E-state index >= 15 is 0 Å². The monoisotopic (exact) mass is 463 g/mol. The van der Waals surface area contributed by atoms with Crippen molar-refractivity contribution in [1.29, 1.82) is 0 Å². The van der Waals surface area contributed by atoms with Crippen LogP contribution in [0, 0.1) is 34.5 Å². The Morgan fingerprint density at radius 1 is 1.00 bits per heavy atom. The van der Waals surface area contributed by atoms with E-state index in [1.165, 1.54) is 32.8 Å². The van der Waals surface area contributed by atoms with Crippen molar-refractivity contribution in [2.75, 3.05) is 7.11 Å². The van der Waals surface area contributed by atoms with Gasteiger partial charge < -0.3 is 25.1 Å². The summed E-state index contributed by atoms with van der Waals surface area (Å²) in [6.07, 6.45) is 10.9. The molecular weight excluding hydrogens is 418 g/mol. The van der Waals surface area contributed by atoms with E-state index in [0.717, 1.165) is 44.9 Å². The zero-order valence-corrected chi connectivity index (χ0v) is 21.1. The normalized spacial score (nSPS) is 54.1. The van der Waals surface area contributed by atoms with E-state index in [2.05, 4.69) is 13.8 Å². The number of ether oxygens (including phenoxy) is 3. The number of esters is 1. The topological polar surface area (TPSA) is 91.0 Å². The molecule has 1 heterocycles. The molecule has 1 unspecified atom stereocenters. The van der Waals surface area contributed by atoms with Crippen LogP contribution in [0.15, 0.2) is 0 Å². The first kappa shape index (κ1) is 24.0. The lowest BCUT2D eigenvalue weighted by atomic mass is 9.42. The molecule has 1 saturated heterocycles. The third-order valence-electron chi connectivity index (χ3n) is 11.4. The molecule has 5 fully saturated rings. The van der Waals surface area contributed by atoms with Crippen LogP contribution in [0.25, 0.3) is 0 Å². The van der Waals surface area contributed by atoms with Crippen LogP contribution in [0.2, 0.25) is 0 Å². The fourth-order valence-electron chi connectivity index (χ4n) is 9.19. The van der Waals surface area contributed by atoms with Gasteiger partial charge in [0.05, 0.1) is 31.3 Å². The number of aliphatic hydroxyl groups excluding tert-OH is 1. The zero-order valence-electron chi connectivity index (χ0n) is 21.1. The van der Waals surface area contributed by atoms with Crippen molar-refractivity contribution in [2.45, 2.75) is 122 Å². The summed E-state index contributed by atoms with van der Waals surface area (Å²) in [4.78, 5) is 12.6. The van der Waals surface area contributed by atoms with Crippen LogP contribution in [0.1, 0.15) is 91.4 Å². The number of fused-ring (bicyclic) bond motifs is 5. The summed E-state index contributed by atoms with van der Waals surface area (Å²) in [6.45, 7) is 6.74. The third kappa shape index (κ3) is 3.61. The molecule has 0 aromatic carbocycles. The predicted molar refractivity (Wildman–Crippen MR) is 125 cm³/mol. The van der Waals surface area contributed by atoms with Crippen molar-refractivity contribution in [1.82, 2.24) is 0 Å². The minimum atomic E-state index is -0.371. The van der Waals surface area contributed by atoms with Gasteiger partial charge in [-0.25, -0.2) is 0 Å². The van der Waals surface area contributed by atoms with Gasteiger partial charge in [0.15, 0.2) is 6.29 Å². The first-order valence-electron chi connectivity index (χ1n) is 13.5. The van der Waals surface area contributed by atoms with Crippen LogP contribution in [-0.2, 0) is 19.0 Å². The van der Waals surface area contributed by atoms with Crippen molar-refractivity contribution in [2.24, 2.45) is 40.2 Å². The lowest BCUT2D eigenvalue weighted by Gasteiger charge is -2.64. The number of hydrogen-bond acceptors (Lipinski definition) is 6. The Labute approximate surface area is 199 Å². The van der Waals surface area contributed by atoms with Gasteiger partial charge in [0, 0.05) is 12.0 Å². The molecule has 11 atom stereocenters. The number of rotatable bonds is 3. The largest absolute Gasteiger partial charge is 0.469 e. The van der Waals surface area contributed by atoms with E-state index in [0.29, 0.717) is 23.2 Å². The van der Waals surface area contributed by atoms with Crippen molar-refractivity contribution in [3.63, 3.8) is 0 Å². The van der Waals surface area contributed by atoms with Crippen molar-refractivity contribution < 1.29 is 24.1 Å². The van der Waals surface area contributed by atoms with Crippen molar-refractivity contribution >= 4 is 5.97 Å². The van der Waals surface area contributed by atoms with Crippen LogP contribution in [0.4, 0.5) is 0 Å². The fraction of sp³-hybridized carbons (Fsp3) is 0.963. The van der Waals surface area contributed by atoms with Gasteiger partial charge >= 0.3 is 5.97 Å². The number of aliphatic hydroxyl groups is 1. The van der Waals surface area contributed by atoms with Crippen molar-refractivity contribution in [3.8, 4) is 0 Å². The minimum Gasteiger partial charge on any atom is -0.469 e. The SMILES string of the molecule is COC(=O)[C@@H]1CC[C@]2(N)[C@@H]3CC[C@@H]4C[C@@H](O[C@@H]5CC[C@@H](O)C(C)O5)CC[C@]4(C)[C@H]3CC[C@]12C. The van der Waals surface area contributed by atoms with E-state index in [1.54, 1.807) is 0 Å². The third-order valence-corrected chi connectivity index (χ3v) is 11.4. The Morgan fingerprint density at radius 3 is 2.52 bits per heavy atom. The molecule has 6 heteroatoms. The van der Waals surface area contributed by atoms with E-state index < -0.39 is 0 Å². The second kappa shape index (κ2) is 8.46. The lowest BCUT2D eigenvalue weighted by Crippen LogP contribution is -2.66. The fourth-order valence-corrected chi connectivity index (χ4v) is 9.19. The van der Waals surface area contributed by atoms with E-state index in [-0.39, 0.29) is 47.4 Å². The summed E-state index contributed by atoms with van der Waals surface area (Å²) < 4.78 is 17.6. The van der Waals surface area contributed by atoms with Crippen LogP contribution in [0.3, 0.4) is 0 Å². The van der Waals surface area contributed by atoms with Gasteiger partial charge in [-0.1, -0.05) is 13.8 Å². The van der Waals surface area contributed by atoms with Crippen LogP contribution in [0.5, 0.6) is 0 Å². The lowest BCUT2D eigenvalue weighted by molar-refractivity contribution is -0.247. The average molecular weight is 464 g/mol. The minimum absolute atomic E-state index is 0.0560. The molecule has 0 amide bonds. The van der Waals surface area contributed by atoms with Gasteiger partial charge in [-0.05, 0) is 99.7 Å². The maximum Gasteiger partial charge on any atom is 0.309 e. The summed E-state index contributed by atoms with van der Waals surface area (Å²) in [7, 11) is 1.52. The number of hydrogen-bond donors (Lipinski definition) is 2. The summed E-state index contributed by atoms with van der Waals surface area (Å²) >= 11 is 0. The highest BCUT2D eigenvalue weighted by Gasteiger charge is 2.67. The summed E-state index contributed by atoms with van der Waals surface area (Å²) in [5, 5.41) is 9.95. The summed E-state index contributed by atoms with van der Waals surface area (Å²) in [5.74, 6) is 1.67. The highest BCUT2D eigenvalue weighted by Crippen LogP contribution is 2.68. The summed E-state index contributed by atoms with van der Waals surface area (Å²) in [5.41, 5.74) is 7.22. The average Bonchev–Trinajstić information content (AvgIpc) is 3.07. The second-order valence-electron chi connectivity index (χ2n) is 12.6. The summed E-state index contributed by atoms with van der Waals surface area (Å²) in [6, 6.07) is 0. The molecule has 4 saturated carbocycles. The standard InChI is InChI=1S/C27H45NO5/c1-16-22(29)7-8-23(32-16)33-18-9-12-25(2)17(15-18)5-6-20-19(25)10-13-26(3)21(24(30)31-4)11-14-27(20,26)28/h16-23,29H,5-15,28H2,1-4H3/t16?,17-,18+,19+,20-,21+,22-,23-,25+,26-,27+/m1/s1. The van der Waals surface area contributed by atoms with Crippen molar-refractivity contribution in [3.05, 3.63) is 0 Å². The van der Waals surface area contributed by atoms with Gasteiger partial charge in [0.1, 0.15) is 0 Å². The molecule has 4 aliphatic carbocycles. The zero-order chi connectivity index (χ0) is 23.6. The van der Waals surface area contributed by atoms with E-state index in [9.17, 15) is 9.90 Å². The molecule has 188 valence electrons. The molecule has 3 N–H and O–H groups in total. The number of carbonyl (C=O) groups excluding carboxylic acids is 1. The second-order valence-corrected chi connectivity index (χ2v) is 12.6. The van der Waals surface area contributed by atoms with Crippen LogP contribution in [-0.4, -0.2) is 48.3 Å². The van der Waals surface area contributed by atoms with Gasteiger partial charge in [-0.2, -0.15) is 0 Å². The Kier molecular flexibility index (Phi) is 6.16. The Balaban J connectivity index is 1.28. The molecule has 0 bridgehead atoms. The first-order valence-corrected chi connectivity index (χ1v) is 13.5. The molecule has 5 aliphatic rings. The molecule has 6 nitrogen and oxygen atoms in total. The van der Waals surface area contributed by atoms with Gasteiger partial charge in [-0.15, -0.1) is 0 Å². The highest BCUT2D eigenvalue weighted by atomic mass is 16.7. The van der Waals surface area contributed by atoms with E-state index in [1.807, 2.05) is 6.92 Å². The Hall–Kier alpha value is -0.690. The smallest absolute Gasteiger partial charge is 0.309 e. The predicted octanol–water partition coefficient (Wildman–Crippen LogP) is 4.17. The Morgan fingerprint density at radius 2 is 1.79 bits per heavy atom. The molecule has 0 aromatic heterocycles. The number of nitrogens with two attached hydrogens (primary N) is 1. The van der Waals surface area contributed by atoms with Gasteiger partial charge in [0.25, 0.3) is 0 Å². The van der Waals surface area contributed by atoms with Crippen LogP contribution >= 0.6 is 0 Å². The molecule has 0 spiro atoms. The maximum absolute atomic E-state index is 12.6. The van der Waals surface area contributed by atoms with Gasteiger partial charge in [-0.3, -0.25) is 4.79 Å². The quantitative estimate of drug-likeness (QED) is 0.482. The molecule has 33 heavy (non-hydrogen) atoms. The van der Waals surface area contributed by atoms with Crippen LogP contribution < -0.4 is 5.73 Å². The molecule has 0 aromatic rings. The molecule has 5 rings (SSSR count). The highest BCUT2D eigenvalue weighted by molar-refractivity contribution is 5.74. The molecular formula is C27H45NO5. The molecule has 1 aliphatic heterocycles. The molecule has 0 radical (unpaired) electrons. The first-order chi connectivity index (χ1) is 15.6. The van der Waals surface area contributed by atoms with E-state index in [4.69, 9.17) is 19.9 Å². The number of methoxy groups -OCH3 is 1. The maximum atomic E-state index is 12.6. The number of carbonyl (C=O) groups is 1. The Bertz CT molecular complexity index is 761.